The van der Waals surface area contributed by atoms with Crippen molar-refractivity contribution < 1.29 is 0 Å². The van der Waals surface area contributed by atoms with Crippen molar-refractivity contribution in [3.63, 3.8) is 0 Å². The number of fused-ring (bicyclic) bond motifs is 1. The van der Waals surface area contributed by atoms with Gasteiger partial charge in [-0.1, -0.05) is 55.9 Å². The lowest BCUT2D eigenvalue weighted by molar-refractivity contribution is 0.0735. The molecule has 2 aromatic rings. The van der Waals surface area contributed by atoms with Gasteiger partial charge < -0.3 is 0 Å². The van der Waals surface area contributed by atoms with E-state index in [1.165, 1.54) is 69.8 Å². The molecule has 0 spiro atoms. The van der Waals surface area contributed by atoms with E-state index in [-0.39, 0.29) is 0 Å². The molecule has 1 aromatic carbocycles. The monoisotopic (exact) mass is 312 g/mol. The summed E-state index contributed by atoms with van der Waals surface area (Å²) in [5.41, 5.74) is 3.46. The van der Waals surface area contributed by atoms with Crippen molar-refractivity contribution in [1.82, 2.24) is 20.3 Å². The zero-order valence-electron chi connectivity index (χ0n) is 14.0. The SMILES string of the molecule is c1cc(CN(C2CCCCC2)C2CCCCC2)c2nn[nH]c2c1. The molecule has 0 aliphatic heterocycles. The fourth-order valence-electron chi connectivity index (χ4n) is 4.63. The van der Waals surface area contributed by atoms with Crippen LogP contribution in [0, 0.1) is 0 Å². The molecule has 0 atom stereocenters. The molecule has 0 amide bonds. The van der Waals surface area contributed by atoms with E-state index in [0.29, 0.717) is 0 Å². The number of hydrogen-bond acceptors (Lipinski definition) is 3. The van der Waals surface area contributed by atoms with E-state index in [9.17, 15) is 0 Å². The summed E-state index contributed by atoms with van der Waals surface area (Å²) < 4.78 is 0. The third kappa shape index (κ3) is 3.27. The maximum absolute atomic E-state index is 4.33. The Labute approximate surface area is 138 Å². The van der Waals surface area contributed by atoms with Gasteiger partial charge >= 0.3 is 0 Å². The Morgan fingerprint density at radius 1 is 0.913 bits per heavy atom. The Morgan fingerprint density at radius 2 is 1.57 bits per heavy atom. The van der Waals surface area contributed by atoms with E-state index in [4.69, 9.17) is 0 Å². The predicted octanol–water partition coefficient (Wildman–Crippen LogP) is 4.43. The first kappa shape index (κ1) is 15.1. The van der Waals surface area contributed by atoms with Crippen LogP contribution in [0.4, 0.5) is 0 Å². The third-order valence-electron chi connectivity index (χ3n) is 5.88. The molecule has 0 saturated heterocycles. The second-order valence-electron chi connectivity index (χ2n) is 7.38. The lowest BCUT2D eigenvalue weighted by Crippen LogP contribution is -2.44. The first-order chi connectivity index (χ1) is 11.4. The van der Waals surface area contributed by atoms with E-state index in [2.05, 4.69) is 38.5 Å². The van der Waals surface area contributed by atoms with Gasteiger partial charge in [-0.25, -0.2) is 0 Å². The molecule has 23 heavy (non-hydrogen) atoms. The Hall–Kier alpha value is -1.42. The van der Waals surface area contributed by atoms with Crippen molar-refractivity contribution in [2.45, 2.75) is 82.8 Å². The summed E-state index contributed by atoms with van der Waals surface area (Å²) in [5.74, 6) is 0. The molecule has 4 nitrogen and oxygen atoms in total. The van der Waals surface area contributed by atoms with E-state index in [1.54, 1.807) is 0 Å². The van der Waals surface area contributed by atoms with Crippen LogP contribution in [0.2, 0.25) is 0 Å². The van der Waals surface area contributed by atoms with Crippen molar-refractivity contribution >= 4 is 11.0 Å². The topological polar surface area (TPSA) is 44.8 Å². The highest BCUT2D eigenvalue weighted by atomic mass is 15.3. The van der Waals surface area contributed by atoms with Gasteiger partial charge in [-0.05, 0) is 37.3 Å². The Kier molecular flexibility index (Phi) is 4.60. The van der Waals surface area contributed by atoms with Crippen molar-refractivity contribution in [1.29, 1.82) is 0 Å². The molecule has 2 aliphatic carbocycles. The van der Waals surface area contributed by atoms with Gasteiger partial charge in [0.25, 0.3) is 0 Å². The maximum Gasteiger partial charge on any atom is 0.117 e. The van der Waals surface area contributed by atoms with Crippen LogP contribution in [-0.2, 0) is 6.54 Å². The highest BCUT2D eigenvalue weighted by molar-refractivity contribution is 5.77. The number of nitrogens with zero attached hydrogens (tertiary/aromatic N) is 3. The van der Waals surface area contributed by atoms with Crippen molar-refractivity contribution in [3.8, 4) is 0 Å². The summed E-state index contributed by atoms with van der Waals surface area (Å²) in [6.45, 7) is 1.04. The molecular weight excluding hydrogens is 284 g/mol. The molecule has 2 aliphatic rings. The molecule has 0 radical (unpaired) electrons. The summed E-state index contributed by atoms with van der Waals surface area (Å²) in [4.78, 5) is 2.84. The second kappa shape index (κ2) is 7.00. The van der Waals surface area contributed by atoms with Gasteiger partial charge in [0.1, 0.15) is 5.52 Å². The minimum Gasteiger partial charge on any atom is -0.293 e. The number of aromatic amines is 1. The number of benzene rings is 1. The molecule has 1 aromatic heterocycles. The van der Waals surface area contributed by atoms with Gasteiger partial charge in [0.05, 0.1) is 5.52 Å². The number of H-pyrrole nitrogens is 1. The zero-order chi connectivity index (χ0) is 15.5. The van der Waals surface area contributed by atoms with Crippen LogP contribution in [-0.4, -0.2) is 32.4 Å². The molecule has 2 saturated carbocycles. The third-order valence-corrected chi connectivity index (χ3v) is 5.88. The fourth-order valence-corrected chi connectivity index (χ4v) is 4.63. The number of hydrogen-bond donors (Lipinski definition) is 1. The van der Waals surface area contributed by atoms with Gasteiger partial charge in [0, 0.05) is 18.6 Å². The molecule has 124 valence electrons. The zero-order valence-corrected chi connectivity index (χ0v) is 14.0. The number of rotatable bonds is 4. The van der Waals surface area contributed by atoms with Gasteiger partial charge in [0.15, 0.2) is 0 Å². The summed E-state index contributed by atoms with van der Waals surface area (Å²) >= 11 is 0. The van der Waals surface area contributed by atoms with Crippen LogP contribution in [0.1, 0.15) is 69.8 Å². The van der Waals surface area contributed by atoms with E-state index in [0.717, 1.165) is 29.7 Å². The van der Waals surface area contributed by atoms with E-state index < -0.39 is 0 Å². The molecule has 4 heteroatoms. The second-order valence-corrected chi connectivity index (χ2v) is 7.38. The first-order valence-corrected chi connectivity index (χ1v) is 9.46. The average molecular weight is 312 g/mol. The molecular formula is C19H28N4. The molecule has 2 fully saturated rings. The minimum absolute atomic E-state index is 0.772. The normalized spacial score (nSPS) is 21.3. The van der Waals surface area contributed by atoms with Gasteiger partial charge in [-0.2, -0.15) is 0 Å². The Bertz CT molecular complexity index is 605. The Morgan fingerprint density at radius 3 is 2.22 bits per heavy atom. The molecule has 0 bridgehead atoms. The van der Waals surface area contributed by atoms with Gasteiger partial charge in [0.2, 0.25) is 0 Å². The number of nitrogens with one attached hydrogen (secondary N) is 1. The smallest absolute Gasteiger partial charge is 0.117 e. The van der Waals surface area contributed by atoms with Crippen LogP contribution in [0.3, 0.4) is 0 Å². The van der Waals surface area contributed by atoms with Crippen LogP contribution in [0.25, 0.3) is 11.0 Å². The minimum atomic E-state index is 0.772. The average Bonchev–Trinajstić information content (AvgIpc) is 3.11. The first-order valence-electron chi connectivity index (χ1n) is 9.46. The van der Waals surface area contributed by atoms with Crippen molar-refractivity contribution in [3.05, 3.63) is 23.8 Å². The maximum atomic E-state index is 4.33. The molecule has 4 rings (SSSR count). The standard InChI is InChI=1S/C19H28N4/c1-3-9-16(10-4-1)23(17-11-5-2-6-12-17)14-15-8-7-13-18-19(15)21-22-20-18/h7-8,13,16-17H,1-6,9-12,14H2,(H,20,21,22). The van der Waals surface area contributed by atoms with E-state index in [1.807, 2.05) is 0 Å². The van der Waals surface area contributed by atoms with Crippen molar-refractivity contribution in [2.75, 3.05) is 0 Å². The fraction of sp³-hybridized carbons (Fsp3) is 0.684. The summed E-state index contributed by atoms with van der Waals surface area (Å²) in [5, 5.41) is 11.3. The van der Waals surface area contributed by atoms with Crippen molar-refractivity contribution in [2.24, 2.45) is 0 Å². The summed E-state index contributed by atoms with van der Waals surface area (Å²) in [7, 11) is 0. The summed E-state index contributed by atoms with van der Waals surface area (Å²) in [6.07, 6.45) is 14.0. The summed E-state index contributed by atoms with van der Waals surface area (Å²) in [6, 6.07) is 7.99. The van der Waals surface area contributed by atoms with Gasteiger partial charge in [-0.3, -0.25) is 10.00 Å². The number of aromatic nitrogens is 3. The lowest BCUT2D eigenvalue weighted by atomic mass is 9.88. The highest BCUT2D eigenvalue weighted by Crippen LogP contribution is 2.32. The Balaban J connectivity index is 1.60. The molecule has 0 unspecified atom stereocenters. The van der Waals surface area contributed by atoms with Crippen LogP contribution in [0.15, 0.2) is 18.2 Å². The molecule has 1 N–H and O–H groups in total. The van der Waals surface area contributed by atoms with E-state index >= 15 is 0 Å². The van der Waals surface area contributed by atoms with Crippen LogP contribution in [0.5, 0.6) is 0 Å². The molecule has 1 heterocycles. The highest BCUT2D eigenvalue weighted by Gasteiger charge is 2.29. The van der Waals surface area contributed by atoms with Crippen LogP contribution < -0.4 is 0 Å². The van der Waals surface area contributed by atoms with Gasteiger partial charge in [-0.15, -0.1) is 5.10 Å². The lowest BCUT2D eigenvalue weighted by Gasteiger charge is -2.41. The largest absolute Gasteiger partial charge is 0.293 e. The van der Waals surface area contributed by atoms with Crippen LogP contribution >= 0.6 is 0 Å². The predicted molar refractivity (Wildman–Crippen MR) is 93.2 cm³/mol. The quantitative estimate of drug-likeness (QED) is 0.908.